The number of carbonyl (C=O) groups excluding carboxylic acids is 1. The van der Waals surface area contributed by atoms with Crippen molar-refractivity contribution in [1.82, 2.24) is 9.97 Å². The molecule has 5 heteroatoms. The lowest BCUT2D eigenvalue weighted by molar-refractivity contribution is -0.116. The van der Waals surface area contributed by atoms with Gasteiger partial charge in [0.2, 0.25) is 5.91 Å². The molecule has 0 saturated carbocycles. The molecule has 0 aliphatic carbocycles. The van der Waals surface area contributed by atoms with E-state index in [0.717, 1.165) is 38.9 Å². The van der Waals surface area contributed by atoms with E-state index in [-0.39, 0.29) is 5.91 Å². The molecule has 0 bridgehead atoms. The Balaban J connectivity index is 2.02. The SMILES string of the molecule is CSc1nc(C)c(CCC(=O)Nc2cc(C)cc(C)c2)c(C)n1. The fourth-order valence-electron chi connectivity index (χ4n) is 2.67. The predicted molar refractivity (Wildman–Crippen MR) is 96.2 cm³/mol. The molecule has 0 saturated heterocycles. The van der Waals surface area contributed by atoms with Crippen molar-refractivity contribution in [3.8, 4) is 0 Å². The molecule has 0 aliphatic rings. The van der Waals surface area contributed by atoms with E-state index in [4.69, 9.17) is 0 Å². The summed E-state index contributed by atoms with van der Waals surface area (Å²) in [6.07, 6.45) is 3.05. The Kier molecular flexibility index (Phi) is 5.77. The Hall–Kier alpha value is -1.88. The Bertz CT molecular complexity index is 685. The maximum atomic E-state index is 12.2. The molecular weight excluding hydrogens is 306 g/mol. The van der Waals surface area contributed by atoms with Crippen molar-refractivity contribution in [2.24, 2.45) is 0 Å². The minimum Gasteiger partial charge on any atom is -0.326 e. The summed E-state index contributed by atoms with van der Waals surface area (Å²) in [5, 5.41) is 3.75. The van der Waals surface area contributed by atoms with Crippen LogP contribution in [0.3, 0.4) is 0 Å². The number of amides is 1. The molecule has 0 atom stereocenters. The summed E-state index contributed by atoms with van der Waals surface area (Å²) in [4.78, 5) is 21.1. The van der Waals surface area contributed by atoms with Crippen molar-refractivity contribution < 1.29 is 4.79 Å². The normalized spacial score (nSPS) is 10.7. The number of hydrogen-bond acceptors (Lipinski definition) is 4. The average molecular weight is 329 g/mol. The van der Waals surface area contributed by atoms with E-state index in [1.807, 2.05) is 46.1 Å². The molecule has 1 aromatic carbocycles. The fourth-order valence-corrected chi connectivity index (χ4v) is 3.13. The van der Waals surface area contributed by atoms with E-state index in [1.165, 1.54) is 11.8 Å². The zero-order valence-corrected chi connectivity index (χ0v) is 15.2. The fraction of sp³-hybridized carbons (Fsp3) is 0.389. The summed E-state index contributed by atoms with van der Waals surface area (Å²) < 4.78 is 0. The summed E-state index contributed by atoms with van der Waals surface area (Å²) in [5.74, 6) is 0.0164. The maximum Gasteiger partial charge on any atom is 0.224 e. The number of aromatic nitrogens is 2. The van der Waals surface area contributed by atoms with Crippen molar-refractivity contribution >= 4 is 23.4 Å². The third kappa shape index (κ3) is 4.79. The highest BCUT2D eigenvalue weighted by Gasteiger charge is 2.11. The zero-order valence-electron chi connectivity index (χ0n) is 14.4. The van der Waals surface area contributed by atoms with E-state index in [9.17, 15) is 4.79 Å². The molecule has 2 rings (SSSR count). The van der Waals surface area contributed by atoms with Gasteiger partial charge in [0.05, 0.1) is 0 Å². The van der Waals surface area contributed by atoms with Crippen LogP contribution in [-0.4, -0.2) is 22.1 Å². The quantitative estimate of drug-likeness (QED) is 0.665. The van der Waals surface area contributed by atoms with Gasteiger partial charge in [-0.3, -0.25) is 4.79 Å². The first-order chi connectivity index (χ1) is 10.9. The topological polar surface area (TPSA) is 54.9 Å². The molecule has 1 heterocycles. The van der Waals surface area contributed by atoms with Crippen LogP contribution in [0.2, 0.25) is 0 Å². The van der Waals surface area contributed by atoms with Crippen LogP contribution in [0.25, 0.3) is 0 Å². The van der Waals surface area contributed by atoms with Crippen LogP contribution in [0.15, 0.2) is 23.4 Å². The minimum absolute atomic E-state index is 0.0164. The van der Waals surface area contributed by atoms with Crippen molar-refractivity contribution in [2.75, 3.05) is 11.6 Å². The molecule has 1 aromatic heterocycles. The Morgan fingerprint density at radius 2 is 1.61 bits per heavy atom. The van der Waals surface area contributed by atoms with Crippen LogP contribution < -0.4 is 5.32 Å². The lowest BCUT2D eigenvalue weighted by Crippen LogP contribution is -2.14. The van der Waals surface area contributed by atoms with E-state index in [1.54, 1.807) is 0 Å². The number of carbonyl (C=O) groups is 1. The second-order valence-electron chi connectivity index (χ2n) is 5.78. The maximum absolute atomic E-state index is 12.2. The van der Waals surface area contributed by atoms with Gasteiger partial charge < -0.3 is 5.32 Å². The van der Waals surface area contributed by atoms with Crippen LogP contribution >= 0.6 is 11.8 Å². The van der Waals surface area contributed by atoms with E-state index in [2.05, 4.69) is 21.4 Å². The van der Waals surface area contributed by atoms with Crippen LogP contribution in [0.1, 0.15) is 34.5 Å². The number of aryl methyl sites for hydroxylation is 4. The van der Waals surface area contributed by atoms with Crippen LogP contribution in [0.5, 0.6) is 0 Å². The van der Waals surface area contributed by atoms with Crippen LogP contribution in [-0.2, 0) is 11.2 Å². The monoisotopic (exact) mass is 329 g/mol. The number of nitrogens with zero attached hydrogens (tertiary/aromatic N) is 2. The average Bonchev–Trinajstić information content (AvgIpc) is 2.44. The summed E-state index contributed by atoms with van der Waals surface area (Å²) in [7, 11) is 0. The summed E-state index contributed by atoms with van der Waals surface area (Å²) >= 11 is 1.53. The Labute approximate surface area is 142 Å². The standard InChI is InChI=1S/C18H23N3OS/c1-11-8-12(2)10-15(9-11)21-17(22)7-6-16-13(3)19-18(23-5)20-14(16)4/h8-10H,6-7H2,1-5H3,(H,21,22). The molecule has 23 heavy (non-hydrogen) atoms. The van der Waals surface area contributed by atoms with E-state index in [0.29, 0.717) is 12.8 Å². The van der Waals surface area contributed by atoms with Gasteiger partial charge in [-0.2, -0.15) is 0 Å². The molecule has 122 valence electrons. The molecule has 0 unspecified atom stereocenters. The van der Waals surface area contributed by atoms with Gasteiger partial charge in [-0.05, 0) is 69.2 Å². The first kappa shape index (κ1) is 17.5. The smallest absolute Gasteiger partial charge is 0.224 e. The van der Waals surface area contributed by atoms with Crippen LogP contribution in [0, 0.1) is 27.7 Å². The van der Waals surface area contributed by atoms with Gasteiger partial charge in [0.25, 0.3) is 0 Å². The summed E-state index contributed by atoms with van der Waals surface area (Å²) in [5.41, 5.74) is 6.14. The van der Waals surface area contributed by atoms with Gasteiger partial charge in [0.15, 0.2) is 5.16 Å². The second kappa shape index (κ2) is 7.59. The predicted octanol–water partition coefficient (Wildman–Crippen LogP) is 4.00. The molecule has 0 spiro atoms. The number of anilines is 1. The highest BCUT2D eigenvalue weighted by molar-refractivity contribution is 7.98. The summed E-state index contributed by atoms with van der Waals surface area (Å²) in [6, 6.07) is 6.06. The molecule has 0 aliphatic heterocycles. The third-order valence-electron chi connectivity index (χ3n) is 3.69. The minimum atomic E-state index is 0.0164. The number of hydrogen-bond donors (Lipinski definition) is 1. The zero-order chi connectivity index (χ0) is 17.0. The van der Waals surface area contributed by atoms with Crippen molar-refractivity contribution in [3.63, 3.8) is 0 Å². The molecule has 2 aromatic rings. The van der Waals surface area contributed by atoms with Gasteiger partial charge in [-0.25, -0.2) is 9.97 Å². The molecule has 1 amide bonds. The number of nitrogens with one attached hydrogen (secondary N) is 1. The molecule has 4 nitrogen and oxygen atoms in total. The van der Waals surface area contributed by atoms with Crippen molar-refractivity contribution in [1.29, 1.82) is 0 Å². The molecule has 0 radical (unpaired) electrons. The van der Waals surface area contributed by atoms with Gasteiger partial charge >= 0.3 is 0 Å². The molecular formula is C18H23N3OS. The van der Waals surface area contributed by atoms with E-state index < -0.39 is 0 Å². The first-order valence-corrected chi connectivity index (χ1v) is 8.87. The van der Waals surface area contributed by atoms with Gasteiger partial charge in [-0.1, -0.05) is 17.8 Å². The Morgan fingerprint density at radius 3 is 2.13 bits per heavy atom. The highest BCUT2D eigenvalue weighted by atomic mass is 32.2. The van der Waals surface area contributed by atoms with Crippen molar-refractivity contribution in [3.05, 3.63) is 46.3 Å². The van der Waals surface area contributed by atoms with Crippen LogP contribution in [0.4, 0.5) is 5.69 Å². The molecule has 0 fully saturated rings. The second-order valence-corrected chi connectivity index (χ2v) is 6.56. The largest absolute Gasteiger partial charge is 0.326 e. The number of rotatable bonds is 5. The van der Waals surface area contributed by atoms with Gasteiger partial charge in [0.1, 0.15) is 0 Å². The highest BCUT2D eigenvalue weighted by Crippen LogP contribution is 2.18. The summed E-state index contributed by atoms with van der Waals surface area (Å²) in [6.45, 7) is 8.01. The number of benzene rings is 1. The molecule has 1 N–H and O–H groups in total. The van der Waals surface area contributed by atoms with Crippen molar-refractivity contribution in [2.45, 2.75) is 45.7 Å². The van der Waals surface area contributed by atoms with Gasteiger partial charge in [0, 0.05) is 23.5 Å². The van der Waals surface area contributed by atoms with E-state index >= 15 is 0 Å². The first-order valence-electron chi connectivity index (χ1n) is 7.65. The number of thioether (sulfide) groups is 1. The lowest BCUT2D eigenvalue weighted by atomic mass is 10.1. The third-order valence-corrected chi connectivity index (χ3v) is 4.24. The van der Waals surface area contributed by atoms with Gasteiger partial charge in [-0.15, -0.1) is 0 Å². The lowest BCUT2D eigenvalue weighted by Gasteiger charge is -2.11. The Morgan fingerprint density at radius 1 is 1.04 bits per heavy atom.